The molecular formula is C48H30N2. The van der Waals surface area contributed by atoms with E-state index in [-0.39, 0.29) is 0 Å². The van der Waals surface area contributed by atoms with E-state index in [2.05, 4.69) is 191 Å². The number of benzene rings is 9. The fraction of sp³-hybridized carbons (Fsp3) is 0. The molecule has 0 N–H and O–H groups in total. The first-order valence-corrected chi connectivity index (χ1v) is 17.3. The van der Waals surface area contributed by atoms with Crippen molar-refractivity contribution in [2.24, 2.45) is 0 Å². The third-order valence-electron chi connectivity index (χ3n) is 10.6. The summed E-state index contributed by atoms with van der Waals surface area (Å²) in [5.74, 6) is 0. The highest BCUT2D eigenvalue weighted by molar-refractivity contribution is 6.24. The van der Waals surface area contributed by atoms with Crippen molar-refractivity contribution >= 4 is 71.2 Å². The van der Waals surface area contributed by atoms with Gasteiger partial charge in [-0.25, -0.2) is 0 Å². The minimum atomic E-state index is 1.13. The van der Waals surface area contributed by atoms with Gasteiger partial charge < -0.3 is 9.47 Å². The molecule has 0 aliphatic heterocycles. The van der Waals surface area contributed by atoms with Crippen molar-refractivity contribution in [2.45, 2.75) is 0 Å². The molecule has 0 amide bonds. The van der Waals surface area contributed by atoms with E-state index < -0.39 is 0 Å². The molecule has 11 rings (SSSR count). The van der Waals surface area contributed by atoms with Gasteiger partial charge in [0.15, 0.2) is 0 Å². The lowest BCUT2D eigenvalue weighted by Gasteiger charge is -2.26. The molecule has 0 unspecified atom stereocenters. The van der Waals surface area contributed by atoms with Gasteiger partial charge in [-0.1, -0.05) is 115 Å². The van der Waals surface area contributed by atoms with Crippen LogP contribution in [0.4, 0.5) is 17.1 Å². The normalized spacial score (nSPS) is 12.0. The molecule has 0 fully saturated rings. The van der Waals surface area contributed by atoms with Gasteiger partial charge in [0, 0.05) is 33.5 Å². The quantitative estimate of drug-likeness (QED) is 0.175. The molecule has 2 nitrogen and oxygen atoms in total. The van der Waals surface area contributed by atoms with E-state index in [4.69, 9.17) is 0 Å². The molecule has 1 aromatic heterocycles. The fourth-order valence-electron chi connectivity index (χ4n) is 8.46. The highest BCUT2D eigenvalue weighted by Crippen LogP contribution is 2.52. The van der Waals surface area contributed by atoms with Gasteiger partial charge in [-0.05, 0) is 121 Å². The topological polar surface area (TPSA) is 8.17 Å². The van der Waals surface area contributed by atoms with E-state index in [1.165, 1.54) is 82.1 Å². The van der Waals surface area contributed by atoms with Crippen molar-refractivity contribution in [3.05, 3.63) is 182 Å². The van der Waals surface area contributed by atoms with E-state index in [1.807, 2.05) is 0 Å². The molecule has 0 spiro atoms. The minimum absolute atomic E-state index is 1.13. The summed E-state index contributed by atoms with van der Waals surface area (Å²) in [4.78, 5) is 2.41. The predicted molar refractivity (Wildman–Crippen MR) is 212 cm³/mol. The molecular weight excluding hydrogens is 605 g/mol. The van der Waals surface area contributed by atoms with Gasteiger partial charge in [0.2, 0.25) is 0 Å². The Hall–Kier alpha value is -6.64. The largest absolute Gasteiger partial charge is 0.310 e. The van der Waals surface area contributed by atoms with Crippen LogP contribution in [0.2, 0.25) is 0 Å². The van der Waals surface area contributed by atoms with Crippen LogP contribution in [0.1, 0.15) is 0 Å². The molecule has 1 aliphatic carbocycles. The summed E-state index contributed by atoms with van der Waals surface area (Å²) in [5, 5.41) is 10.2. The lowest BCUT2D eigenvalue weighted by Crippen LogP contribution is -2.10. The molecule has 1 heterocycles. The summed E-state index contributed by atoms with van der Waals surface area (Å²) in [6, 6.07) is 66.8. The van der Waals surface area contributed by atoms with Crippen LogP contribution in [0, 0.1) is 0 Å². The predicted octanol–water partition coefficient (Wildman–Crippen LogP) is 13.4. The second-order valence-corrected chi connectivity index (χ2v) is 13.4. The van der Waals surface area contributed by atoms with Crippen LogP contribution in [0.25, 0.3) is 82.1 Å². The smallest absolute Gasteiger partial charge is 0.0542 e. The second kappa shape index (κ2) is 10.4. The number of aromatic nitrogens is 1. The zero-order valence-corrected chi connectivity index (χ0v) is 27.2. The molecule has 0 saturated carbocycles. The lowest BCUT2D eigenvalue weighted by atomic mass is 9.95. The van der Waals surface area contributed by atoms with Crippen molar-refractivity contribution in [1.82, 2.24) is 4.57 Å². The highest BCUT2D eigenvalue weighted by Gasteiger charge is 2.26. The van der Waals surface area contributed by atoms with Crippen LogP contribution in [0.15, 0.2) is 182 Å². The molecule has 232 valence electrons. The summed E-state index contributed by atoms with van der Waals surface area (Å²) in [7, 11) is 0. The van der Waals surface area contributed by atoms with Crippen molar-refractivity contribution < 1.29 is 0 Å². The van der Waals surface area contributed by atoms with Crippen molar-refractivity contribution in [1.29, 1.82) is 0 Å². The first-order valence-electron chi connectivity index (χ1n) is 17.3. The Morgan fingerprint density at radius 3 is 1.94 bits per heavy atom. The van der Waals surface area contributed by atoms with Crippen LogP contribution >= 0.6 is 0 Å². The molecule has 50 heavy (non-hydrogen) atoms. The van der Waals surface area contributed by atoms with Gasteiger partial charge in [0.25, 0.3) is 0 Å². The molecule has 0 saturated heterocycles. The summed E-state index contributed by atoms with van der Waals surface area (Å²) < 4.78 is 2.41. The van der Waals surface area contributed by atoms with E-state index in [0.717, 1.165) is 17.1 Å². The Morgan fingerprint density at radius 1 is 0.340 bits per heavy atom. The van der Waals surface area contributed by atoms with Crippen molar-refractivity contribution in [3.63, 3.8) is 0 Å². The van der Waals surface area contributed by atoms with E-state index in [0.29, 0.717) is 0 Å². The maximum absolute atomic E-state index is 2.41. The standard InChI is InChI=1S/C48H30N2/c1-2-15-35(16-3-1)49(37-23-25-40-42-19-10-14-34-27-33-13-6-7-17-39(33)48(47(34)42)44(40)30-37)38-24-26-46-43(29-38)41-18-8-9-20-45(41)50(46)36-22-21-31-11-4-5-12-32(31)28-36/h1-30H. The molecule has 10 aromatic rings. The van der Waals surface area contributed by atoms with E-state index in [9.17, 15) is 0 Å². The third kappa shape index (κ3) is 3.90. The average Bonchev–Trinajstić information content (AvgIpc) is 3.69. The summed E-state index contributed by atoms with van der Waals surface area (Å²) >= 11 is 0. The van der Waals surface area contributed by atoms with Gasteiger partial charge in [-0.3, -0.25) is 0 Å². The maximum Gasteiger partial charge on any atom is 0.0542 e. The Kier molecular flexibility index (Phi) is 5.70. The Bertz CT molecular complexity index is 2990. The minimum Gasteiger partial charge on any atom is -0.310 e. The van der Waals surface area contributed by atoms with Gasteiger partial charge in [-0.2, -0.15) is 0 Å². The Labute approximate surface area is 289 Å². The Morgan fingerprint density at radius 2 is 1.04 bits per heavy atom. The van der Waals surface area contributed by atoms with Crippen molar-refractivity contribution in [3.8, 4) is 27.9 Å². The number of anilines is 3. The van der Waals surface area contributed by atoms with Crippen LogP contribution in [0.3, 0.4) is 0 Å². The van der Waals surface area contributed by atoms with Crippen LogP contribution < -0.4 is 4.90 Å². The number of hydrogen-bond donors (Lipinski definition) is 0. The van der Waals surface area contributed by atoms with Gasteiger partial charge >= 0.3 is 0 Å². The zero-order valence-electron chi connectivity index (χ0n) is 27.2. The van der Waals surface area contributed by atoms with Gasteiger partial charge in [0.1, 0.15) is 0 Å². The van der Waals surface area contributed by atoms with Crippen LogP contribution in [0.5, 0.6) is 0 Å². The first-order chi connectivity index (χ1) is 24.8. The number of rotatable bonds is 4. The molecule has 2 heteroatoms. The maximum atomic E-state index is 2.41. The van der Waals surface area contributed by atoms with Gasteiger partial charge in [-0.15, -0.1) is 0 Å². The lowest BCUT2D eigenvalue weighted by molar-refractivity contribution is 1.18. The monoisotopic (exact) mass is 634 g/mol. The summed E-state index contributed by atoms with van der Waals surface area (Å²) in [6.07, 6.45) is 0. The van der Waals surface area contributed by atoms with Crippen molar-refractivity contribution in [2.75, 3.05) is 4.90 Å². The van der Waals surface area contributed by atoms with E-state index in [1.54, 1.807) is 0 Å². The SMILES string of the molecule is c1ccc(N(c2ccc3c(c2)-c2c4ccccc4cc4cccc-3c24)c2ccc3c(c2)c2ccccc2n3-c2ccc3ccccc3c2)cc1. The summed E-state index contributed by atoms with van der Waals surface area (Å²) in [6.45, 7) is 0. The second-order valence-electron chi connectivity index (χ2n) is 13.4. The number of para-hydroxylation sites is 2. The third-order valence-corrected chi connectivity index (χ3v) is 10.6. The molecule has 0 radical (unpaired) electrons. The number of hydrogen-bond acceptors (Lipinski definition) is 1. The average molecular weight is 635 g/mol. The molecule has 9 aromatic carbocycles. The first kappa shape index (κ1) is 27.3. The van der Waals surface area contributed by atoms with E-state index >= 15 is 0 Å². The molecule has 1 aliphatic rings. The van der Waals surface area contributed by atoms with Crippen LogP contribution in [-0.2, 0) is 0 Å². The molecule has 0 atom stereocenters. The Balaban J connectivity index is 1.14. The number of nitrogens with zero attached hydrogens (tertiary/aromatic N) is 2. The zero-order chi connectivity index (χ0) is 32.8. The molecule has 0 bridgehead atoms. The number of fused-ring (bicyclic) bond motifs is 9. The van der Waals surface area contributed by atoms with Crippen LogP contribution in [-0.4, -0.2) is 4.57 Å². The summed E-state index contributed by atoms with van der Waals surface area (Å²) in [5.41, 5.74) is 12.2. The van der Waals surface area contributed by atoms with Gasteiger partial charge in [0.05, 0.1) is 11.0 Å². The highest BCUT2D eigenvalue weighted by atomic mass is 15.1. The fourth-order valence-corrected chi connectivity index (χ4v) is 8.46.